The van der Waals surface area contributed by atoms with E-state index in [-0.39, 0.29) is 0 Å². The molecule has 2 aromatic rings. The largest absolute Gasteiger partial charge is 0.381 e. The first-order valence-electron chi connectivity index (χ1n) is 10.7. The zero-order valence-corrected chi connectivity index (χ0v) is 15.8. The predicted octanol–water partition coefficient (Wildman–Crippen LogP) is 4.94. The highest BCUT2D eigenvalue weighted by Gasteiger charge is 2.33. The molecule has 1 aromatic carbocycles. The summed E-state index contributed by atoms with van der Waals surface area (Å²) < 4.78 is 8.03. The van der Waals surface area contributed by atoms with Gasteiger partial charge in [-0.3, -0.25) is 0 Å². The van der Waals surface area contributed by atoms with Crippen LogP contribution < -0.4 is 4.90 Å². The van der Waals surface area contributed by atoms with E-state index in [1.807, 2.05) is 0 Å². The predicted molar refractivity (Wildman–Crippen MR) is 106 cm³/mol. The third-order valence-electron chi connectivity index (χ3n) is 6.97. The van der Waals surface area contributed by atoms with Crippen LogP contribution in [-0.4, -0.2) is 35.4 Å². The van der Waals surface area contributed by atoms with Crippen molar-refractivity contribution in [3.05, 3.63) is 24.5 Å². The average molecular weight is 354 g/mol. The number of nitrogens with zero attached hydrogens (tertiary/aromatic N) is 3. The summed E-state index contributed by atoms with van der Waals surface area (Å²) in [5, 5.41) is 0. The van der Waals surface area contributed by atoms with Crippen molar-refractivity contribution in [1.29, 1.82) is 0 Å². The van der Waals surface area contributed by atoms with Crippen molar-refractivity contribution in [2.24, 2.45) is 5.92 Å². The highest BCUT2D eigenvalue weighted by molar-refractivity contribution is 5.80. The number of anilines is 1. The maximum atomic E-state index is 5.59. The molecule has 26 heavy (non-hydrogen) atoms. The van der Waals surface area contributed by atoms with Crippen molar-refractivity contribution < 1.29 is 4.74 Å². The molecule has 3 aliphatic rings. The Bertz CT molecular complexity index is 743. The van der Waals surface area contributed by atoms with Crippen LogP contribution in [0.4, 0.5) is 5.69 Å². The van der Waals surface area contributed by atoms with Gasteiger partial charge in [0, 0.05) is 37.5 Å². The number of hydrogen-bond acceptors (Lipinski definition) is 3. The monoisotopic (exact) mass is 353 g/mol. The fourth-order valence-corrected chi connectivity index (χ4v) is 5.55. The van der Waals surface area contributed by atoms with Gasteiger partial charge in [0.05, 0.1) is 17.4 Å². The van der Waals surface area contributed by atoms with Gasteiger partial charge >= 0.3 is 0 Å². The van der Waals surface area contributed by atoms with E-state index in [0.29, 0.717) is 12.1 Å². The topological polar surface area (TPSA) is 30.3 Å². The summed E-state index contributed by atoms with van der Waals surface area (Å²) in [5.74, 6) is 0.793. The van der Waals surface area contributed by atoms with Crippen LogP contribution in [0.15, 0.2) is 24.5 Å². The number of rotatable bonds is 3. The fourth-order valence-electron chi connectivity index (χ4n) is 5.55. The van der Waals surface area contributed by atoms with Gasteiger partial charge in [0.25, 0.3) is 0 Å². The van der Waals surface area contributed by atoms with E-state index in [4.69, 9.17) is 9.72 Å². The highest BCUT2D eigenvalue weighted by Crippen LogP contribution is 2.36. The second-order valence-electron chi connectivity index (χ2n) is 8.47. The Balaban J connectivity index is 1.40. The minimum absolute atomic E-state index is 0.654. The molecule has 4 heteroatoms. The quantitative estimate of drug-likeness (QED) is 0.783. The Labute approximate surface area is 156 Å². The first-order chi connectivity index (χ1) is 12.9. The van der Waals surface area contributed by atoms with Gasteiger partial charge in [0.1, 0.15) is 0 Å². The van der Waals surface area contributed by atoms with Crippen LogP contribution >= 0.6 is 0 Å². The standard InChI is InChI=1S/C22H31N3O/c1-2-5-18(6-3-1)25-16-23-20-15-19(8-9-22(20)25)24-12-4-7-21(24)17-10-13-26-14-11-17/h8-9,15-18,21H,1-7,10-14H2. The summed E-state index contributed by atoms with van der Waals surface area (Å²) in [7, 11) is 0. The number of aromatic nitrogens is 2. The van der Waals surface area contributed by atoms with E-state index < -0.39 is 0 Å². The zero-order valence-electron chi connectivity index (χ0n) is 15.8. The minimum atomic E-state index is 0.654. The Hall–Kier alpha value is -1.55. The molecule has 1 atom stereocenters. The molecular formula is C22H31N3O. The maximum Gasteiger partial charge on any atom is 0.0960 e. The van der Waals surface area contributed by atoms with E-state index in [2.05, 4.69) is 34.0 Å². The molecule has 2 saturated heterocycles. The zero-order chi connectivity index (χ0) is 17.3. The van der Waals surface area contributed by atoms with Crippen LogP contribution in [0, 0.1) is 5.92 Å². The smallest absolute Gasteiger partial charge is 0.0960 e. The number of fused-ring (bicyclic) bond motifs is 1. The summed E-state index contributed by atoms with van der Waals surface area (Å²) >= 11 is 0. The van der Waals surface area contributed by atoms with Gasteiger partial charge in [-0.2, -0.15) is 0 Å². The summed E-state index contributed by atoms with van der Waals surface area (Å²) in [6.07, 6.45) is 13.9. The van der Waals surface area contributed by atoms with Crippen LogP contribution in [0.1, 0.15) is 63.8 Å². The Morgan fingerprint density at radius 1 is 0.923 bits per heavy atom. The number of imidazole rings is 1. The summed E-state index contributed by atoms with van der Waals surface area (Å²) in [6.45, 7) is 3.08. The van der Waals surface area contributed by atoms with Gasteiger partial charge in [0.15, 0.2) is 0 Å². The van der Waals surface area contributed by atoms with Gasteiger partial charge in [-0.15, -0.1) is 0 Å². The molecule has 5 rings (SSSR count). The van der Waals surface area contributed by atoms with E-state index in [1.165, 1.54) is 81.1 Å². The lowest BCUT2D eigenvalue weighted by atomic mass is 9.90. The van der Waals surface area contributed by atoms with Crippen molar-refractivity contribution in [3.63, 3.8) is 0 Å². The molecule has 3 heterocycles. The Morgan fingerprint density at radius 3 is 2.62 bits per heavy atom. The molecule has 0 amide bonds. The first kappa shape index (κ1) is 16.6. The van der Waals surface area contributed by atoms with E-state index in [0.717, 1.165) is 19.1 Å². The van der Waals surface area contributed by atoms with E-state index in [9.17, 15) is 0 Å². The lowest BCUT2D eigenvalue weighted by Crippen LogP contribution is -2.38. The molecule has 0 bridgehead atoms. The van der Waals surface area contributed by atoms with Crippen LogP contribution in [0.2, 0.25) is 0 Å². The maximum absolute atomic E-state index is 5.59. The van der Waals surface area contributed by atoms with E-state index >= 15 is 0 Å². The fraction of sp³-hybridized carbons (Fsp3) is 0.682. The number of benzene rings is 1. The third kappa shape index (κ3) is 3.02. The normalized spacial score (nSPS) is 26.0. The summed E-state index contributed by atoms with van der Waals surface area (Å²) in [6, 6.07) is 8.36. The first-order valence-corrected chi connectivity index (χ1v) is 10.7. The molecular weight excluding hydrogens is 322 g/mol. The van der Waals surface area contributed by atoms with Crippen LogP contribution in [0.3, 0.4) is 0 Å². The lowest BCUT2D eigenvalue weighted by molar-refractivity contribution is 0.0589. The van der Waals surface area contributed by atoms with Crippen molar-refractivity contribution in [3.8, 4) is 0 Å². The molecule has 3 fully saturated rings. The molecule has 4 nitrogen and oxygen atoms in total. The van der Waals surface area contributed by atoms with Crippen LogP contribution in [0.5, 0.6) is 0 Å². The van der Waals surface area contributed by atoms with Crippen molar-refractivity contribution in [1.82, 2.24) is 9.55 Å². The molecule has 0 spiro atoms. The second-order valence-corrected chi connectivity index (χ2v) is 8.47. The second kappa shape index (κ2) is 7.22. The Morgan fingerprint density at radius 2 is 1.77 bits per heavy atom. The molecule has 1 unspecified atom stereocenters. The highest BCUT2D eigenvalue weighted by atomic mass is 16.5. The SMILES string of the molecule is c1cc2c(cc1N1CCCC1C1CCOCC1)ncn2C1CCCCC1. The van der Waals surface area contributed by atoms with Gasteiger partial charge in [-0.1, -0.05) is 19.3 Å². The number of ether oxygens (including phenoxy) is 1. The van der Waals surface area contributed by atoms with Gasteiger partial charge in [0.2, 0.25) is 0 Å². The molecule has 1 aliphatic carbocycles. The molecule has 0 radical (unpaired) electrons. The van der Waals surface area contributed by atoms with E-state index in [1.54, 1.807) is 0 Å². The average Bonchev–Trinajstić information content (AvgIpc) is 3.36. The molecule has 1 aromatic heterocycles. The minimum Gasteiger partial charge on any atom is -0.381 e. The number of hydrogen-bond donors (Lipinski definition) is 0. The lowest BCUT2D eigenvalue weighted by Gasteiger charge is -2.35. The summed E-state index contributed by atoms with van der Waals surface area (Å²) in [5.41, 5.74) is 3.87. The van der Waals surface area contributed by atoms with Crippen molar-refractivity contribution in [2.45, 2.75) is 69.9 Å². The summed E-state index contributed by atoms with van der Waals surface area (Å²) in [4.78, 5) is 7.44. The van der Waals surface area contributed by atoms with Gasteiger partial charge in [-0.25, -0.2) is 4.98 Å². The van der Waals surface area contributed by atoms with Crippen LogP contribution in [0.25, 0.3) is 11.0 Å². The molecule has 2 aliphatic heterocycles. The van der Waals surface area contributed by atoms with Gasteiger partial charge < -0.3 is 14.2 Å². The third-order valence-corrected chi connectivity index (χ3v) is 6.97. The van der Waals surface area contributed by atoms with Crippen molar-refractivity contribution in [2.75, 3.05) is 24.7 Å². The molecule has 140 valence electrons. The molecule has 1 saturated carbocycles. The Kier molecular flexibility index (Phi) is 4.61. The van der Waals surface area contributed by atoms with Gasteiger partial charge in [-0.05, 0) is 62.6 Å². The van der Waals surface area contributed by atoms with Crippen LogP contribution in [-0.2, 0) is 4.74 Å². The van der Waals surface area contributed by atoms with Crippen molar-refractivity contribution >= 4 is 16.7 Å². The molecule has 0 N–H and O–H groups in total.